The molecule has 0 aromatic heterocycles. The Morgan fingerprint density at radius 2 is 2.20 bits per heavy atom. The highest BCUT2D eigenvalue weighted by atomic mass is 79.9. The highest BCUT2D eigenvalue weighted by Crippen LogP contribution is 2.30. The Hall–Kier alpha value is -0.540. The molecule has 0 spiro atoms. The second-order valence-corrected chi connectivity index (χ2v) is 5.18. The number of nitrogens with one attached hydrogen (secondary N) is 1. The maximum absolute atomic E-state index is 9.82. The van der Waals surface area contributed by atoms with Gasteiger partial charge in [0.25, 0.3) is 0 Å². The molecule has 2 N–H and O–H groups in total. The van der Waals surface area contributed by atoms with Crippen LogP contribution in [0.25, 0.3) is 0 Å². The van der Waals surface area contributed by atoms with Crippen LogP contribution in [0.15, 0.2) is 16.6 Å². The predicted molar refractivity (Wildman–Crippen MR) is 65.0 cm³/mol. The summed E-state index contributed by atoms with van der Waals surface area (Å²) in [5.41, 5.74) is 2.14. The van der Waals surface area contributed by atoms with Crippen LogP contribution < -0.4 is 5.32 Å². The van der Waals surface area contributed by atoms with E-state index in [1.165, 1.54) is 18.4 Å². The van der Waals surface area contributed by atoms with Gasteiger partial charge in [-0.2, -0.15) is 0 Å². The van der Waals surface area contributed by atoms with Crippen molar-refractivity contribution >= 4 is 15.9 Å². The maximum Gasteiger partial charge on any atom is 0.134 e. The van der Waals surface area contributed by atoms with Gasteiger partial charge in [0, 0.05) is 12.1 Å². The maximum atomic E-state index is 9.82. The third kappa shape index (κ3) is 2.95. The molecule has 0 aliphatic heterocycles. The Kier molecular flexibility index (Phi) is 3.32. The summed E-state index contributed by atoms with van der Waals surface area (Å²) in [5.74, 6) is 1.24. The van der Waals surface area contributed by atoms with Crippen LogP contribution in [-0.4, -0.2) is 11.7 Å². The number of hydrogen-bond acceptors (Lipinski definition) is 2. The largest absolute Gasteiger partial charge is 0.506 e. The molecule has 0 radical (unpaired) electrons. The third-order valence-electron chi connectivity index (χ3n) is 2.73. The molecule has 82 valence electrons. The molecule has 1 fully saturated rings. The molecule has 0 saturated heterocycles. The monoisotopic (exact) mass is 269 g/mol. The van der Waals surface area contributed by atoms with Crippen LogP contribution in [0.4, 0.5) is 0 Å². The Morgan fingerprint density at radius 3 is 2.87 bits per heavy atom. The second kappa shape index (κ2) is 4.54. The quantitative estimate of drug-likeness (QED) is 0.881. The number of phenols is 1. The van der Waals surface area contributed by atoms with Crippen molar-refractivity contribution in [1.29, 1.82) is 0 Å². The van der Waals surface area contributed by atoms with Gasteiger partial charge in [0.1, 0.15) is 5.75 Å². The van der Waals surface area contributed by atoms with Crippen LogP contribution in [0, 0.1) is 12.8 Å². The molecule has 0 bridgehead atoms. The van der Waals surface area contributed by atoms with Gasteiger partial charge in [-0.05, 0) is 59.8 Å². The molecule has 1 aliphatic carbocycles. The van der Waals surface area contributed by atoms with Crippen LogP contribution in [0.3, 0.4) is 0 Å². The summed E-state index contributed by atoms with van der Waals surface area (Å²) in [4.78, 5) is 0. The fourth-order valence-electron chi connectivity index (χ4n) is 1.67. The predicted octanol–water partition coefficient (Wildman–Crippen LogP) is 2.96. The lowest BCUT2D eigenvalue weighted by Crippen LogP contribution is -2.16. The zero-order chi connectivity index (χ0) is 10.8. The SMILES string of the molecule is Cc1cc(Br)c(O)c(CNCC2CC2)c1. The van der Waals surface area contributed by atoms with Gasteiger partial charge < -0.3 is 10.4 Å². The number of halogens is 1. The topological polar surface area (TPSA) is 32.3 Å². The van der Waals surface area contributed by atoms with Gasteiger partial charge in [0.05, 0.1) is 4.47 Å². The van der Waals surface area contributed by atoms with Gasteiger partial charge in [-0.25, -0.2) is 0 Å². The number of phenolic OH excluding ortho intramolecular Hbond substituents is 1. The van der Waals surface area contributed by atoms with Gasteiger partial charge in [-0.3, -0.25) is 0 Å². The molecule has 2 rings (SSSR count). The zero-order valence-electron chi connectivity index (χ0n) is 8.89. The normalized spacial score (nSPS) is 15.6. The van der Waals surface area contributed by atoms with Crippen molar-refractivity contribution in [1.82, 2.24) is 5.32 Å². The molecule has 0 amide bonds. The first kappa shape index (κ1) is 11.0. The molecular formula is C12H16BrNO. The Bertz CT molecular complexity index is 361. The molecule has 0 unspecified atom stereocenters. The molecule has 1 saturated carbocycles. The number of benzene rings is 1. The van der Waals surface area contributed by atoms with Crippen molar-refractivity contribution in [3.05, 3.63) is 27.7 Å². The van der Waals surface area contributed by atoms with Crippen LogP contribution in [-0.2, 0) is 6.54 Å². The lowest BCUT2D eigenvalue weighted by atomic mass is 10.1. The van der Waals surface area contributed by atoms with Crippen LogP contribution >= 0.6 is 15.9 Å². The molecule has 2 nitrogen and oxygen atoms in total. The molecule has 0 heterocycles. The average Bonchev–Trinajstić information content (AvgIpc) is 2.97. The van der Waals surface area contributed by atoms with Crippen molar-refractivity contribution in [2.24, 2.45) is 5.92 Å². The fourth-order valence-corrected chi connectivity index (χ4v) is 2.29. The molecule has 0 atom stereocenters. The van der Waals surface area contributed by atoms with Crippen LogP contribution in [0.5, 0.6) is 5.75 Å². The summed E-state index contributed by atoms with van der Waals surface area (Å²) in [6, 6.07) is 3.96. The highest BCUT2D eigenvalue weighted by molar-refractivity contribution is 9.10. The van der Waals surface area contributed by atoms with Gasteiger partial charge >= 0.3 is 0 Å². The number of aromatic hydroxyl groups is 1. The molecule has 15 heavy (non-hydrogen) atoms. The summed E-state index contributed by atoms with van der Waals surface area (Å²) in [6.07, 6.45) is 2.72. The Balaban J connectivity index is 1.98. The first-order valence-corrected chi connectivity index (χ1v) is 6.15. The standard InChI is InChI=1S/C12H16BrNO/c1-8-4-10(12(15)11(13)5-8)7-14-6-9-2-3-9/h4-5,9,14-15H,2-3,6-7H2,1H3. The second-order valence-electron chi connectivity index (χ2n) is 4.33. The van der Waals surface area contributed by atoms with E-state index >= 15 is 0 Å². The van der Waals surface area contributed by atoms with Gasteiger partial charge in [-0.15, -0.1) is 0 Å². The number of aryl methyl sites for hydroxylation is 1. The molecule has 3 heteroatoms. The van der Waals surface area contributed by atoms with Crippen molar-refractivity contribution in [3.63, 3.8) is 0 Å². The van der Waals surface area contributed by atoms with Gasteiger partial charge in [0.15, 0.2) is 0 Å². The van der Waals surface area contributed by atoms with Gasteiger partial charge in [0.2, 0.25) is 0 Å². The van der Waals surface area contributed by atoms with Crippen LogP contribution in [0.1, 0.15) is 24.0 Å². The first-order chi connectivity index (χ1) is 7.16. The fraction of sp³-hybridized carbons (Fsp3) is 0.500. The van der Waals surface area contributed by atoms with E-state index in [1.54, 1.807) is 0 Å². The first-order valence-electron chi connectivity index (χ1n) is 5.35. The minimum absolute atomic E-state index is 0.365. The molecule has 1 aromatic rings. The Labute approximate surface area is 98.8 Å². The lowest BCUT2D eigenvalue weighted by Gasteiger charge is -2.09. The number of hydrogen-bond donors (Lipinski definition) is 2. The van der Waals surface area contributed by atoms with E-state index in [-0.39, 0.29) is 0 Å². The number of rotatable bonds is 4. The van der Waals surface area contributed by atoms with E-state index in [0.29, 0.717) is 5.75 Å². The van der Waals surface area contributed by atoms with Crippen molar-refractivity contribution in [3.8, 4) is 5.75 Å². The van der Waals surface area contributed by atoms with E-state index < -0.39 is 0 Å². The van der Waals surface area contributed by atoms with Crippen molar-refractivity contribution in [2.45, 2.75) is 26.3 Å². The lowest BCUT2D eigenvalue weighted by molar-refractivity contribution is 0.460. The smallest absolute Gasteiger partial charge is 0.134 e. The molecule has 1 aliphatic rings. The third-order valence-corrected chi connectivity index (χ3v) is 3.34. The Morgan fingerprint density at radius 1 is 1.47 bits per heavy atom. The molecule has 1 aromatic carbocycles. The van der Waals surface area contributed by atoms with E-state index in [0.717, 1.165) is 29.0 Å². The van der Waals surface area contributed by atoms with Gasteiger partial charge in [-0.1, -0.05) is 6.07 Å². The summed E-state index contributed by atoms with van der Waals surface area (Å²) < 4.78 is 0.783. The van der Waals surface area contributed by atoms with E-state index in [2.05, 4.69) is 21.2 Å². The highest BCUT2D eigenvalue weighted by Gasteiger charge is 2.20. The minimum atomic E-state index is 0.365. The summed E-state index contributed by atoms with van der Waals surface area (Å²) in [7, 11) is 0. The van der Waals surface area contributed by atoms with E-state index in [4.69, 9.17) is 0 Å². The molecular weight excluding hydrogens is 254 g/mol. The average molecular weight is 270 g/mol. The van der Waals surface area contributed by atoms with Crippen molar-refractivity contribution < 1.29 is 5.11 Å². The van der Waals surface area contributed by atoms with E-state index in [9.17, 15) is 5.11 Å². The zero-order valence-corrected chi connectivity index (χ0v) is 10.5. The summed E-state index contributed by atoms with van der Waals surface area (Å²) in [6.45, 7) is 3.86. The van der Waals surface area contributed by atoms with Crippen LogP contribution in [0.2, 0.25) is 0 Å². The summed E-state index contributed by atoms with van der Waals surface area (Å²) >= 11 is 3.35. The minimum Gasteiger partial charge on any atom is -0.506 e. The van der Waals surface area contributed by atoms with E-state index in [1.807, 2.05) is 19.1 Å². The van der Waals surface area contributed by atoms with Crippen molar-refractivity contribution in [2.75, 3.05) is 6.54 Å². The summed E-state index contributed by atoms with van der Waals surface area (Å²) in [5, 5.41) is 13.2.